The number of aromatic nitrogens is 3. The van der Waals surface area contributed by atoms with Crippen molar-refractivity contribution in [2.45, 2.75) is 6.42 Å². The lowest BCUT2D eigenvalue weighted by atomic mass is 9.99. The maximum absolute atomic E-state index is 13.2. The zero-order valence-electron chi connectivity index (χ0n) is 20.5. The Morgan fingerprint density at radius 1 is 1.03 bits per heavy atom. The number of anilines is 1. The van der Waals surface area contributed by atoms with Crippen LogP contribution in [-0.2, 0) is 0 Å². The summed E-state index contributed by atoms with van der Waals surface area (Å²) in [6.45, 7) is 1.03. The highest BCUT2D eigenvalue weighted by Gasteiger charge is 2.22. The van der Waals surface area contributed by atoms with Gasteiger partial charge < -0.3 is 25.1 Å². The highest BCUT2D eigenvalue weighted by molar-refractivity contribution is 5.95. The van der Waals surface area contributed by atoms with Gasteiger partial charge in [-0.25, -0.2) is 14.4 Å². The van der Waals surface area contributed by atoms with Crippen molar-refractivity contribution in [2.24, 2.45) is 0 Å². The van der Waals surface area contributed by atoms with Crippen LogP contribution in [-0.4, -0.2) is 53.1 Å². The van der Waals surface area contributed by atoms with Crippen LogP contribution in [0.2, 0.25) is 0 Å². The van der Waals surface area contributed by atoms with Gasteiger partial charge in [-0.1, -0.05) is 24.3 Å². The number of carbonyl (C=O) groups is 1. The Morgan fingerprint density at radius 3 is 2.49 bits per heavy atom. The van der Waals surface area contributed by atoms with Crippen LogP contribution in [0.3, 0.4) is 0 Å². The van der Waals surface area contributed by atoms with E-state index in [2.05, 4.69) is 15.0 Å². The number of nitrogens with zero attached hydrogens (tertiary/aromatic N) is 3. The van der Waals surface area contributed by atoms with E-state index < -0.39 is 0 Å². The summed E-state index contributed by atoms with van der Waals surface area (Å²) >= 11 is 0. The minimum atomic E-state index is -0.265. The molecule has 8 nitrogen and oxygen atoms in total. The monoisotopic (exact) mass is 499 g/mol. The standard InChI is InChI=1S/C28H26FN5O3/c1-36-24-8-5-19(14-25(24)37-2)22-16-32-28(30)33-26(22)20-13-23(31-15-20)27(35)34-11-9-18(10-12-34)17-3-6-21(29)7-4-17/h3-9,13-16,31H,10-12H2,1-2H3,(H2,30,32,33). The smallest absolute Gasteiger partial charge is 0.270 e. The first-order valence-corrected chi connectivity index (χ1v) is 11.7. The van der Waals surface area contributed by atoms with E-state index in [4.69, 9.17) is 15.2 Å². The first-order valence-electron chi connectivity index (χ1n) is 11.7. The fourth-order valence-corrected chi connectivity index (χ4v) is 4.44. The number of amides is 1. The quantitative estimate of drug-likeness (QED) is 0.395. The van der Waals surface area contributed by atoms with Crippen LogP contribution in [0.1, 0.15) is 22.5 Å². The zero-order valence-corrected chi connectivity index (χ0v) is 20.5. The molecule has 1 aliphatic heterocycles. The van der Waals surface area contributed by atoms with Gasteiger partial charge in [-0.15, -0.1) is 0 Å². The second kappa shape index (κ2) is 10.1. The molecular weight excluding hydrogens is 473 g/mol. The number of carbonyl (C=O) groups excluding carboxylic acids is 1. The molecule has 188 valence electrons. The number of hydrogen-bond donors (Lipinski definition) is 2. The number of halogens is 1. The number of nitrogens with one attached hydrogen (secondary N) is 1. The number of ether oxygens (including phenoxy) is 2. The van der Waals surface area contributed by atoms with Gasteiger partial charge in [0, 0.05) is 36.6 Å². The minimum absolute atomic E-state index is 0.115. The summed E-state index contributed by atoms with van der Waals surface area (Å²) in [5.41, 5.74) is 11.3. The first kappa shape index (κ1) is 24.1. The fraction of sp³-hybridized carbons (Fsp3) is 0.179. The number of H-pyrrole nitrogens is 1. The van der Waals surface area contributed by atoms with E-state index in [0.717, 1.165) is 22.3 Å². The third-order valence-electron chi connectivity index (χ3n) is 6.40. The Morgan fingerprint density at radius 2 is 1.78 bits per heavy atom. The molecule has 0 radical (unpaired) electrons. The third kappa shape index (κ3) is 4.88. The molecule has 3 N–H and O–H groups in total. The topological polar surface area (TPSA) is 106 Å². The number of rotatable bonds is 6. The first-order chi connectivity index (χ1) is 18.0. The van der Waals surface area contributed by atoms with Gasteiger partial charge in [-0.05, 0) is 53.5 Å². The average molecular weight is 500 g/mol. The van der Waals surface area contributed by atoms with Gasteiger partial charge in [0.1, 0.15) is 11.5 Å². The molecule has 1 amide bonds. The van der Waals surface area contributed by atoms with E-state index in [-0.39, 0.29) is 17.7 Å². The Kier molecular flexibility index (Phi) is 6.59. The molecule has 0 saturated heterocycles. The Labute approximate surface area is 213 Å². The molecule has 2 aromatic heterocycles. The SMILES string of the molecule is COc1ccc(-c2cnc(N)nc2-c2c[nH]c(C(=O)N3CC=C(c4ccc(F)cc4)CC3)c2)cc1OC. The predicted octanol–water partition coefficient (Wildman–Crippen LogP) is 4.81. The number of methoxy groups -OCH3 is 2. The van der Waals surface area contributed by atoms with Crippen molar-refractivity contribution in [3.05, 3.63) is 84.1 Å². The molecule has 0 unspecified atom stereocenters. The molecular formula is C28H26FN5O3. The van der Waals surface area contributed by atoms with Gasteiger partial charge in [0.25, 0.3) is 5.91 Å². The second-order valence-electron chi connectivity index (χ2n) is 8.60. The zero-order chi connectivity index (χ0) is 25.9. The molecule has 9 heteroatoms. The molecule has 0 aliphatic carbocycles. The van der Waals surface area contributed by atoms with E-state index in [0.29, 0.717) is 48.0 Å². The van der Waals surface area contributed by atoms with Crippen LogP contribution in [0.5, 0.6) is 11.5 Å². The molecule has 0 saturated carbocycles. The molecule has 0 atom stereocenters. The number of hydrogen-bond acceptors (Lipinski definition) is 6. The molecule has 0 spiro atoms. The van der Waals surface area contributed by atoms with Crippen molar-refractivity contribution in [3.63, 3.8) is 0 Å². The van der Waals surface area contributed by atoms with E-state index in [1.807, 2.05) is 24.3 Å². The molecule has 37 heavy (non-hydrogen) atoms. The molecule has 1 aliphatic rings. The summed E-state index contributed by atoms with van der Waals surface area (Å²) in [7, 11) is 3.15. The average Bonchev–Trinajstić information content (AvgIpc) is 3.43. The van der Waals surface area contributed by atoms with Gasteiger partial charge in [-0.2, -0.15) is 0 Å². The minimum Gasteiger partial charge on any atom is -0.493 e. The van der Waals surface area contributed by atoms with E-state index in [9.17, 15) is 9.18 Å². The molecule has 2 aromatic carbocycles. The van der Waals surface area contributed by atoms with Crippen molar-refractivity contribution in [1.82, 2.24) is 19.9 Å². The lowest BCUT2D eigenvalue weighted by molar-refractivity contribution is 0.0767. The molecule has 3 heterocycles. The summed E-state index contributed by atoms with van der Waals surface area (Å²) in [5, 5.41) is 0. The van der Waals surface area contributed by atoms with E-state index in [1.165, 1.54) is 12.1 Å². The number of benzene rings is 2. The van der Waals surface area contributed by atoms with Crippen molar-refractivity contribution < 1.29 is 18.7 Å². The van der Waals surface area contributed by atoms with E-state index in [1.54, 1.807) is 49.7 Å². The third-order valence-corrected chi connectivity index (χ3v) is 6.40. The molecule has 4 aromatic rings. The maximum Gasteiger partial charge on any atom is 0.270 e. The van der Waals surface area contributed by atoms with Crippen LogP contribution in [0.25, 0.3) is 28.0 Å². The van der Waals surface area contributed by atoms with Gasteiger partial charge in [-0.3, -0.25) is 4.79 Å². The normalized spacial score (nSPS) is 13.3. The summed E-state index contributed by atoms with van der Waals surface area (Å²) in [4.78, 5) is 26.7. The summed E-state index contributed by atoms with van der Waals surface area (Å²) in [6, 6.07) is 13.7. The molecule has 5 rings (SSSR count). The van der Waals surface area contributed by atoms with Crippen LogP contribution in [0.4, 0.5) is 10.3 Å². The van der Waals surface area contributed by atoms with Crippen LogP contribution >= 0.6 is 0 Å². The van der Waals surface area contributed by atoms with Crippen molar-refractivity contribution in [1.29, 1.82) is 0 Å². The van der Waals surface area contributed by atoms with Gasteiger partial charge in [0.05, 0.1) is 19.9 Å². The lowest BCUT2D eigenvalue weighted by Gasteiger charge is -2.26. The van der Waals surface area contributed by atoms with Gasteiger partial charge in [0.15, 0.2) is 11.5 Å². The van der Waals surface area contributed by atoms with Crippen molar-refractivity contribution in [3.8, 4) is 33.9 Å². The van der Waals surface area contributed by atoms with E-state index >= 15 is 0 Å². The molecule has 0 bridgehead atoms. The fourth-order valence-electron chi connectivity index (χ4n) is 4.44. The largest absolute Gasteiger partial charge is 0.493 e. The number of nitrogen functional groups attached to an aromatic ring is 1. The predicted molar refractivity (Wildman–Crippen MR) is 140 cm³/mol. The van der Waals surface area contributed by atoms with Gasteiger partial charge >= 0.3 is 0 Å². The Balaban J connectivity index is 1.39. The number of nitrogens with two attached hydrogens (primary N) is 1. The summed E-state index contributed by atoms with van der Waals surface area (Å²) < 4.78 is 24.0. The Bertz CT molecular complexity index is 1480. The lowest BCUT2D eigenvalue weighted by Crippen LogP contribution is -2.34. The summed E-state index contributed by atoms with van der Waals surface area (Å²) in [6.07, 6.45) is 6.10. The highest BCUT2D eigenvalue weighted by Crippen LogP contribution is 2.36. The summed E-state index contributed by atoms with van der Waals surface area (Å²) in [5.74, 6) is 0.931. The maximum atomic E-state index is 13.2. The Hall–Kier alpha value is -4.66. The molecule has 0 fully saturated rings. The van der Waals surface area contributed by atoms with Crippen molar-refractivity contribution >= 4 is 17.4 Å². The van der Waals surface area contributed by atoms with Crippen LogP contribution in [0.15, 0.2) is 67.0 Å². The van der Waals surface area contributed by atoms with Crippen LogP contribution in [0, 0.1) is 5.82 Å². The van der Waals surface area contributed by atoms with Crippen molar-refractivity contribution in [2.75, 3.05) is 33.0 Å². The van der Waals surface area contributed by atoms with Crippen LogP contribution < -0.4 is 15.2 Å². The second-order valence-corrected chi connectivity index (χ2v) is 8.60. The number of aromatic amines is 1. The highest BCUT2D eigenvalue weighted by atomic mass is 19.1. The van der Waals surface area contributed by atoms with Gasteiger partial charge in [0.2, 0.25) is 5.95 Å².